The maximum absolute atomic E-state index is 11.4. The third kappa shape index (κ3) is 4.40. The van der Waals surface area contributed by atoms with Gasteiger partial charge in [0.25, 0.3) is 0 Å². The zero-order valence-electron chi connectivity index (χ0n) is 15.6. The van der Waals surface area contributed by atoms with Gasteiger partial charge in [-0.3, -0.25) is 0 Å². The fraction of sp³-hybridized carbons (Fsp3) is 0. The van der Waals surface area contributed by atoms with Gasteiger partial charge in [0.05, 0.1) is 0 Å². The minimum atomic E-state index is -4.89. The van der Waals surface area contributed by atoms with E-state index in [1.807, 2.05) is 36.4 Å². The average molecular weight is 528 g/mol. The first-order valence-corrected chi connectivity index (χ1v) is 15.7. The van der Waals surface area contributed by atoms with Crippen LogP contribution in [-0.2, 0) is 7.48 Å². The van der Waals surface area contributed by atoms with E-state index in [0.717, 1.165) is 33.0 Å². The van der Waals surface area contributed by atoms with Crippen LogP contribution in [0.2, 0.25) is 0 Å². The predicted octanol–water partition coefficient (Wildman–Crippen LogP) is 1.30. The first-order valence-electron chi connectivity index (χ1n) is 8.98. The van der Waals surface area contributed by atoms with Gasteiger partial charge < -0.3 is 0 Å². The van der Waals surface area contributed by atoms with Crippen LogP contribution < -0.4 is 8.70 Å². The van der Waals surface area contributed by atoms with E-state index in [9.17, 15) is 23.9 Å². The van der Waals surface area contributed by atoms with Crippen LogP contribution >= 0.6 is 0 Å². The summed E-state index contributed by atoms with van der Waals surface area (Å²) in [4.78, 5) is 0. The van der Waals surface area contributed by atoms with Crippen LogP contribution in [0.5, 0.6) is 0 Å². The molecule has 0 saturated heterocycles. The summed E-state index contributed by atoms with van der Waals surface area (Å²) < 4.78 is 60.1. The molecule has 0 aliphatic carbocycles. The molecule has 0 aliphatic heterocycles. The van der Waals surface area contributed by atoms with Crippen LogP contribution in [0, 0.1) is 0 Å². The summed E-state index contributed by atoms with van der Waals surface area (Å²) in [5.74, 6) is 0. The molecular weight excluding hydrogens is 510 g/mol. The zero-order chi connectivity index (χ0) is 21.5. The third-order valence-electron chi connectivity index (χ3n) is 4.91. The molecule has 4 rings (SSSR count). The summed E-state index contributed by atoms with van der Waals surface area (Å²) in [5.41, 5.74) is 3.60. The second-order valence-electron chi connectivity index (χ2n) is 6.96. The molecule has 4 N–H and O–H groups in total. The van der Waals surface area contributed by atoms with E-state index in [1.54, 1.807) is 24.3 Å². The Morgan fingerprint density at radius 1 is 0.433 bits per heavy atom. The second kappa shape index (κ2) is 7.75. The number of fused-ring (bicyclic) bond motifs is 1. The fourth-order valence-electron chi connectivity index (χ4n) is 3.30. The van der Waals surface area contributed by atoms with Gasteiger partial charge in [0, 0.05) is 0 Å². The van der Waals surface area contributed by atoms with Crippen molar-refractivity contribution in [3.05, 3.63) is 84.9 Å². The average Bonchev–Trinajstić information content (AvgIpc) is 2.72. The molecule has 0 aromatic heterocycles. The normalized spacial score (nSPS) is 12.3. The molecule has 0 amide bonds. The second-order valence-corrected chi connectivity index (χ2v) is 13.7. The van der Waals surface area contributed by atoms with Crippen molar-refractivity contribution in [2.24, 2.45) is 0 Å². The molecule has 4 aromatic rings. The van der Waals surface area contributed by atoms with E-state index >= 15 is 0 Å². The summed E-state index contributed by atoms with van der Waals surface area (Å²) >= 11 is -9.77. The Morgan fingerprint density at radius 2 is 0.733 bits per heavy atom. The Hall–Kier alpha value is -2.30. The third-order valence-corrected chi connectivity index (χ3v) is 8.99. The molecule has 0 heterocycles. The molecule has 0 aliphatic rings. The van der Waals surface area contributed by atoms with Gasteiger partial charge in [-0.05, 0) is 0 Å². The van der Waals surface area contributed by atoms with Crippen molar-refractivity contribution in [3.63, 3.8) is 0 Å². The molecule has 30 heavy (non-hydrogen) atoms. The Kier molecular flexibility index (Phi) is 5.41. The number of hydrogen-bond acceptors (Lipinski definition) is 2. The number of hydrogen-bond donors (Lipinski definition) is 4. The molecule has 0 radical (unpaired) electrons. The summed E-state index contributed by atoms with van der Waals surface area (Å²) in [6.45, 7) is 0. The van der Waals surface area contributed by atoms with E-state index in [2.05, 4.69) is 0 Å². The van der Waals surface area contributed by atoms with Crippen LogP contribution in [-0.4, -0.2) is 44.7 Å². The van der Waals surface area contributed by atoms with Crippen molar-refractivity contribution >= 4 is 47.8 Å². The van der Waals surface area contributed by atoms with Crippen LogP contribution in [0.15, 0.2) is 84.9 Å². The monoisotopic (exact) mass is 528 g/mol. The summed E-state index contributed by atoms with van der Waals surface area (Å²) in [7, 11) is 0. The van der Waals surface area contributed by atoms with Gasteiger partial charge in [0.15, 0.2) is 0 Å². The van der Waals surface area contributed by atoms with E-state index in [0.29, 0.717) is 0 Å². The van der Waals surface area contributed by atoms with Crippen molar-refractivity contribution in [1.29, 1.82) is 0 Å². The Bertz CT molecular complexity index is 1210. The molecule has 0 saturated carbocycles. The van der Waals surface area contributed by atoms with Crippen LogP contribution in [0.1, 0.15) is 0 Å². The Balaban J connectivity index is 1.66. The van der Waals surface area contributed by atoms with Gasteiger partial charge in [-0.2, -0.15) is 0 Å². The molecule has 152 valence electrons. The first kappa shape index (κ1) is 20.9. The molecule has 0 atom stereocenters. The van der Waals surface area contributed by atoms with Crippen molar-refractivity contribution in [1.82, 2.24) is 0 Å². The molecule has 0 bridgehead atoms. The van der Waals surface area contributed by atoms with Crippen molar-refractivity contribution in [2.45, 2.75) is 0 Å². The van der Waals surface area contributed by atoms with E-state index in [1.165, 1.54) is 24.3 Å². The zero-order valence-corrected chi connectivity index (χ0v) is 19.3. The van der Waals surface area contributed by atoms with Crippen LogP contribution in [0.25, 0.3) is 33.0 Å². The van der Waals surface area contributed by atoms with Gasteiger partial charge in [0.1, 0.15) is 0 Å². The standard InChI is InChI=1S/C22H18As2O6/c25-23(26,27)21-9-5-15(6-10-21)17-1-3-19-14-18(2-4-20(19)13-17)16-7-11-22(12-8-16)24(28,29)30/h1-14H,(H2,25,26,27)(H2,28,29,30). The topological polar surface area (TPSA) is 115 Å². The Morgan fingerprint density at radius 3 is 1.03 bits per heavy atom. The number of benzene rings is 4. The van der Waals surface area contributed by atoms with E-state index in [4.69, 9.17) is 0 Å². The van der Waals surface area contributed by atoms with Gasteiger partial charge in [-0.1, -0.05) is 0 Å². The van der Waals surface area contributed by atoms with Crippen LogP contribution in [0.3, 0.4) is 0 Å². The predicted molar refractivity (Wildman–Crippen MR) is 116 cm³/mol. The first-order chi connectivity index (χ1) is 14.1. The molecule has 0 spiro atoms. The minimum absolute atomic E-state index is 0.0493. The molecule has 0 unspecified atom stereocenters. The summed E-state index contributed by atoms with van der Waals surface area (Å²) in [6, 6.07) is 24.5. The molecule has 0 fully saturated rings. The van der Waals surface area contributed by atoms with E-state index in [-0.39, 0.29) is 8.70 Å². The summed E-state index contributed by atoms with van der Waals surface area (Å²) in [6.07, 6.45) is 0. The quantitative estimate of drug-likeness (QED) is 0.297. The van der Waals surface area contributed by atoms with Gasteiger partial charge >= 0.3 is 179 Å². The molecule has 4 aromatic carbocycles. The fourth-order valence-corrected chi connectivity index (χ4v) is 5.56. The van der Waals surface area contributed by atoms with Crippen molar-refractivity contribution < 1.29 is 23.9 Å². The molecule has 8 heteroatoms. The number of rotatable bonds is 4. The van der Waals surface area contributed by atoms with Crippen molar-refractivity contribution in [3.8, 4) is 22.3 Å². The van der Waals surface area contributed by atoms with E-state index < -0.39 is 28.3 Å². The molecule has 6 nitrogen and oxygen atoms in total. The van der Waals surface area contributed by atoms with Gasteiger partial charge in [-0.25, -0.2) is 0 Å². The van der Waals surface area contributed by atoms with Crippen LogP contribution in [0.4, 0.5) is 0 Å². The SMILES string of the molecule is O=[As](O)(O)c1ccc(-c2ccc3cc(-c4ccc([As](=O)(O)O)cc4)ccc3c2)cc1. The molecular formula is C22H18As2O6. The van der Waals surface area contributed by atoms with Gasteiger partial charge in [-0.15, -0.1) is 0 Å². The summed E-state index contributed by atoms with van der Waals surface area (Å²) in [5, 5.41) is 2.02. The van der Waals surface area contributed by atoms with Crippen molar-refractivity contribution in [2.75, 3.05) is 0 Å². The Labute approximate surface area is 178 Å². The van der Waals surface area contributed by atoms with Gasteiger partial charge in [0.2, 0.25) is 0 Å². The maximum atomic E-state index is 11.4.